The van der Waals surface area contributed by atoms with Gasteiger partial charge < -0.3 is 24.2 Å². The van der Waals surface area contributed by atoms with Crippen LogP contribution < -0.4 is 9.47 Å². The van der Waals surface area contributed by atoms with Crippen LogP contribution in [0, 0.1) is 0 Å². The first kappa shape index (κ1) is 15.0. The molecule has 1 aromatic rings. The number of carbonyl (C=O) groups excluding carboxylic acids is 1. The Kier molecular flexibility index (Phi) is 4.38. The van der Waals surface area contributed by atoms with Crippen LogP contribution in [0.3, 0.4) is 0 Å². The van der Waals surface area contributed by atoms with Crippen LogP contribution in [-0.4, -0.2) is 48.7 Å². The molecule has 0 aliphatic carbocycles. The second-order valence-corrected chi connectivity index (χ2v) is 5.64. The lowest BCUT2D eigenvalue weighted by Crippen LogP contribution is -2.46. The highest BCUT2D eigenvalue weighted by atomic mass is 16.7. The third-order valence-corrected chi connectivity index (χ3v) is 4.09. The lowest BCUT2D eigenvalue weighted by molar-refractivity contribution is 0.0369. The molecule has 1 fully saturated rings. The van der Waals surface area contributed by atoms with E-state index in [0.29, 0.717) is 26.1 Å². The van der Waals surface area contributed by atoms with Gasteiger partial charge in [0.1, 0.15) is 0 Å². The number of benzene rings is 1. The molecule has 2 heterocycles. The first-order chi connectivity index (χ1) is 10.7. The van der Waals surface area contributed by atoms with Crippen LogP contribution in [0.5, 0.6) is 11.5 Å². The Morgan fingerprint density at radius 3 is 3.00 bits per heavy atom. The molecule has 0 radical (unpaired) electrons. The topological polar surface area (TPSA) is 68.2 Å². The molecular weight excluding hydrogens is 286 g/mol. The van der Waals surface area contributed by atoms with E-state index in [1.54, 1.807) is 4.90 Å². The van der Waals surface area contributed by atoms with E-state index in [2.05, 4.69) is 0 Å². The van der Waals surface area contributed by atoms with E-state index in [9.17, 15) is 9.90 Å². The molecule has 0 spiro atoms. The summed E-state index contributed by atoms with van der Waals surface area (Å²) in [5.41, 5.74) is 1.01. The van der Waals surface area contributed by atoms with Gasteiger partial charge >= 0.3 is 6.09 Å². The number of nitrogens with zero attached hydrogens (tertiary/aromatic N) is 1. The maximum Gasteiger partial charge on any atom is 0.409 e. The van der Waals surface area contributed by atoms with Crippen LogP contribution in [0.4, 0.5) is 4.79 Å². The number of fused-ring (bicyclic) bond motifs is 1. The van der Waals surface area contributed by atoms with E-state index in [0.717, 1.165) is 23.5 Å². The Bertz CT molecular complexity index is 547. The van der Waals surface area contributed by atoms with Crippen molar-refractivity contribution in [3.8, 4) is 11.5 Å². The molecule has 1 aromatic carbocycles. The summed E-state index contributed by atoms with van der Waals surface area (Å²) in [4.78, 5) is 13.4. The molecule has 120 valence electrons. The number of piperidine rings is 1. The maximum atomic E-state index is 11.9. The van der Waals surface area contributed by atoms with Gasteiger partial charge in [0.05, 0.1) is 19.3 Å². The van der Waals surface area contributed by atoms with Crippen molar-refractivity contribution in [2.45, 2.75) is 31.8 Å². The number of hydrogen-bond acceptors (Lipinski definition) is 5. The highest BCUT2D eigenvalue weighted by Crippen LogP contribution is 2.37. The number of aliphatic hydroxyl groups is 1. The lowest BCUT2D eigenvalue weighted by Gasteiger charge is -2.35. The molecule has 2 aliphatic heterocycles. The number of rotatable bonds is 3. The van der Waals surface area contributed by atoms with E-state index in [-0.39, 0.29) is 18.8 Å². The minimum absolute atomic E-state index is 0.00951. The molecular formula is C16H21NO5. The molecule has 3 rings (SSSR count). The molecule has 1 N–H and O–H groups in total. The number of amides is 1. The van der Waals surface area contributed by atoms with E-state index < -0.39 is 6.10 Å². The van der Waals surface area contributed by atoms with Crippen LogP contribution in [0.25, 0.3) is 0 Å². The number of likely N-dealkylation sites (tertiary alicyclic amines) is 1. The third kappa shape index (κ3) is 2.97. The average molecular weight is 307 g/mol. The molecule has 1 amide bonds. The third-order valence-electron chi connectivity index (χ3n) is 4.09. The highest BCUT2D eigenvalue weighted by molar-refractivity contribution is 5.67. The predicted molar refractivity (Wildman–Crippen MR) is 79.1 cm³/mol. The summed E-state index contributed by atoms with van der Waals surface area (Å²) in [6.45, 7) is 3.48. The van der Waals surface area contributed by atoms with Crippen molar-refractivity contribution in [1.29, 1.82) is 0 Å². The standard InChI is InChI=1S/C16H21NO5/c1-2-7-20-16(19)17-6-5-12(13(18)9-17)11-3-4-14-15(8-11)22-10-21-14/h3-4,8,12-13,18H,2,5-7,9-10H2,1H3/t12-,13+/m0/s1. The predicted octanol–water partition coefficient (Wildman–Crippen LogP) is 2.11. The van der Waals surface area contributed by atoms with E-state index in [1.807, 2.05) is 25.1 Å². The number of ether oxygens (including phenoxy) is 3. The molecule has 2 atom stereocenters. The fraction of sp³-hybridized carbons (Fsp3) is 0.562. The van der Waals surface area contributed by atoms with E-state index in [1.165, 1.54) is 0 Å². The van der Waals surface area contributed by atoms with Crippen LogP contribution >= 0.6 is 0 Å². The van der Waals surface area contributed by atoms with Gasteiger partial charge in [0, 0.05) is 12.5 Å². The van der Waals surface area contributed by atoms with E-state index >= 15 is 0 Å². The zero-order valence-electron chi connectivity index (χ0n) is 12.7. The van der Waals surface area contributed by atoms with Crippen LogP contribution in [0.1, 0.15) is 31.2 Å². The van der Waals surface area contributed by atoms with Crippen molar-refractivity contribution in [2.24, 2.45) is 0 Å². The van der Waals surface area contributed by atoms with Crippen LogP contribution in [0.15, 0.2) is 18.2 Å². The zero-order chi connectivity index (χ0) is 15.5. The highest BCUT2D eigenvalue weighted by Gasteiger charge is 2.32. The molecule has 6 heteroatoms. The second-order valence-electron chi connectivity index (χ2n) is 5.64. The average Bonchev–Trinajstić information content (AvgIpc) is 3.00. The number of aliphatic hydroxyl groups excluding tert-OH is 1. The summed E-state index contributed by atoms with van der Waals surface area (Å²) in [7, 11) is 0. The summed E-state index contributed by atoms with van der Waals surface area (Å²) >= 11 is 0. The Morgan fingerprint density at radius 2 is 2.23 bits per heavy atom. The summed E-state index contributed by atoms with van der Waals surface area (Å²) in [6, 6.07) is 5.74. The molecule has 0 unspecified atom stereocenters. The first-order valence-corrected chi connectivity index (χ1v) is 7.68. The van der Waals surface area contributed by atoms with Crippen LogP contribution in [-0.2, 0) is 4.74 Å². The summed E-state index contributed by atoms with van der Waals surface area (Å²) in [5.74, 6) is 1.44. The summed E-state index contributed by atoms with van der Waals surface area (Å²) in [5, 5.41) is 10.4. The Hall–Kier alpha value is -1.95. The summed E-state index contributed by atoms with van der Waals surface area (Å²) in [6.07, 6.45) is 0.539. The molecule has 0 aromatic heterocycles. The van der Waals surface area contributed by atoms with Gasteiger partial charge in [-0.05, 0) is 30.5 Å². The first-order valence-electron chi connectivity index (χ1n) is 7.68. The van der Waals surface area contributed by atoms with Crippen molar-refractivity contribution >= 4 is 6.09 Å². The fourth-order valence-corrected chi connectivity index (χ4v) is 2.91. The summed E-state index contributed by atoms with van der Waals surface area (Å²) < 4.78 is 15.8. The molecule has 0 saturated carbocycles. The van der Waals surface area contributed by atoms with Gasteiger partial charge in [-0.15, -0.1) is 0 Å². The largest absolute Gasteiger partial charge is 0.454 e. The Morgan fingerprint density at radius 1 is 1.41 bits per heavy atom. The SMILES string of the molecule is CCCOC(=O)N1CC[C@@H](c2ccc3c(c2)OCO3)[C@H](O)C1. The molecule has 0 bridgehead atoms. The van der Waals surface area contributed by atoms with Gasteiger partial charge in [-0.2, -0.15) is 0 Å². The van der Waals surface area contributed by atoms with Gasteiger partial charge in [0.2, 0.25) is 6.79 Å². The van der Waals surface area contributed by atoms with Gasteiger partial charge in [-0.25, -0.2) is 4.79 Å². The van der Waals surface area contributed by atoms with Gasteiger partial charge in [0.25, 0.3) is 0 Å². The van der Waals surface area contributed by atoms with Gasteiger partial charge in [-0.1, -0.05) is 13.0 Å². The van der Waals surface area contributed by atoms with Gasteiger partial charge in [-0.3, -0.25) is 0 Å². The number of carbonyl (C=O) groups is 1. The van der Waals surface area contributed by atoms with E-state index in [4.69, 9.17) is 14.2 Å². The van der Waals surface area contributed by atoms with Crippen molar-refractivity contribution in [3.63, 3.8) is 0 Å². The van der Waals surface area contributed by atoms with Crippen LogP contribution in [0.2, 0.25) is 0 Å². The number of β-amino-alcohol motifs (C(OH)–C–C–N with tert-alkyl or cyclic N) is 1. The lowest BCUT2D eigenvalue weighted by atomic mass is 9.87. The monoisotopic (exact) mass is 307 g/mol. The van der Waals surface area contributed by atoms with Crippen molar-refractivity contribution < 1.29 is 24.1 Å². The zero-order valence-corrected chi connectivity index (χ0v) is 12.7. The number of hydrogen-bond donors (Lipinski definition) is 1. The normalized spacial score (nSPS) is 23.5. The smallest absolute Gasteiger partial charge is 0.409 e. The quantitative estimate of drug-likeness (QED) is 0.926. The second kappa shape index (κ2) is 6.44. The Labute approximate surface area is 129 Å². The molecule has 22 heavy (non-hydrogen) atoms. The van der Waals surface area contributed by atoms with Gasteiger partial charge in [0.15, 0.2) is 11.5 Å². The minimum atomic E-state index is -0.608. The Balaban J connectivity index is 1.64. The van der Waals surface area contributed by atoms with Crippen molar-refractivity contribution in [3.05, 3.63) is 23.8 Å². The molecule has 6 nitrogen and oxygen atoms in total. The van der Waals surface area contributed by atoms with Crippen molar-refractivity contribution in [1.82, 2.24) is 4.90 Å². The maximum absolute atomic E-state index is 11.9. The minimum Gasteiger partial charge on any atom is -0.454 e. The van der Waals surface area contributed by atoms with Crippen molar-refractivity contribution in [2.75, 3.05) is 26.5 Å². The fourth-order valence-electron chi connectivity index (χ4n) is 2.91. The molecule has 2 aliphatic rings. The molecule has 1 saturated heterocycles.